The van der Waals surface area contributed by atoms with Gasteiger partial charge in [0.15, 0.2) is 11.6 Å². The van der Waals surface area contributed by atoms with Gasteiger partial charge in [-0.25, -0.2) is 18.4 Å². The van der Waals surface area contributed by atoms with Crippen LogP contribution in [0.15, 0.2) is 30.3 Å². The zero-order valence-electron chi connectivity index (χ0n) is 17.1. The summed E-state index contributed by atoms with van der Waals surface area (Å²) < 4.78 is 27.6. The first-order valence-electron chi connectivity index (χ1n) is 9.41. The fourth-order valence-corrected chi connectivity index (χ4v) is 3.07. The molecule has 0 saturated heterocycles. The smallest absolute Gasteiger partial charge is 0.326 e. The second-order valence-corrected chi connectivity index (χ2v) is 7.40. The third-order valence-electron chi connectivity index (χ3n) is 4.78. The van der Waals surface area contributed by atoms with Crippen LogP contribution in [0.4, 0.5) is 25.0 Å². The van der Waals surface area contributed by atoms with Gasteiger partial charge in [-0.3, -0.25) is 4.79 Å². The average Bonchev–Trinajstić information content (AvgIpc) is 2.70. The Morgan fingerprint density at radius 2 is 1.77 bits per heavy atom. The lowest BCUT2D eigenvalue weighted by atomic mass is 9.98. The summed E-state index contributed by atoms with van der Waals surface area (Å²) in [6.45, 7) is 5.08. The molecule has 0 aliphatic carbocycles. The number of hydrogen-bond donors (Lipinski definition) is 4. The second kappa shape index (κ2) is 10.2. The first-order chi connectivity index (χ1) is 14.5. The summed E-state index contributed by atoms with van der Waals surface area (Å²) in [5, 5.41) is 16.7. The molecular weight excluding hydrogens is 432 g/mol. The van der Waals surface area contributed by atoms with Crippen LogP contribution in [0.5, 0.6) is 0 Å². The third-order valence-corrected chi connectivity index (χ3v) is 5.09. The Hall–Kier alpha value is -3.20. The van der Waals surface area contributed by atoms with Crippen LogP contribution in [0.25, 0.3) is 0 Å². The van der Waals surface area contributed by atoms with Crippen LogP contribution in [0, 0.1) is 24.5 Å². The molecule has 0 unspecified atom stereocenters. The number of carbonyl (C=O) groups excluding carboxylic acids is 2. The van der Waals surface area contributed by atoms with Crippen molar-refractivity contribution in [3.05, 3.63) is 58.1 Å². The van der Waals surface area contributed by atoms with Crippen molar-refractivity contribution < 1.29 is 28.3 Å². The van der Waals surface area contributed by atoms with E-state index in [0.29, 0.717) is 29.8 Å². The molecule has 2 rings (SSSR count). The van der Waals surface area contributed by atoms with Crippen molar-refractivity contribution in [3.8, 4) is 0 Å². The minimum absolute atomic E-state index is 0.260. The number of aryl methyl sites for hydroxylation is 1. The van der Waals surface area contributed by atoms with Crippen molar-refractivity contribution in [2.75, 3.05) is 10.6 Å². The molecule has 0 aliphatic rings. The van der Waals surface area contributed by atoms with Crippen molar-refractivity contribution >= 4 is 40.9 Å². The standard InChI is InChI=1S/C21H22ClF2N3O4/c1-4-10(2)18(20(29)30)26-19(28)12-8-14(23)15(24)9-16(12)25-21(31)27-17-11(3)6-5-7-13(17)22/h5-10,18H,4H2,1-3H3,(H,26,28)(H,29,30)(H2,25,27,31)/t10-,18-/m0/s1. The first-order valence-corrected chi connectivity index (χ1v) is 9.78. The van der Waals surface area contributed by atoms with E-state index in [-0.39, 0.29) is 10.7 Å². The van der Waals surface area contributed by atoms with Gasteiger partial charge in [-0.15, -0.1) is 0 Å². The fourth-order valence-electron chi connectivity index (χ4n) is 2.80. The molecule has 10 heteroatoms. The SMILES string of the molecule is CC[C@H](C)[C@H](NC(=O)c1cc(F)c(F)cc1NC(=O)Nc1c(C)cccc1Cl)C(=O)O. The molecule has 0 spiro atoms. The Morgan fingerprint density at radius 3 is 2.35 bits per heavy atom. The number of anilines is 2. The van der Waals surface area contributed by atoms with Gasteiger partial charge in [0.2, 0.25) is 0 Å². The van der Waals surface area contributed by atoms with Gasteiger partial charge in [-0.2, -0.15) is 0 Å². The number of rotatable bonds is 7. The fraction of sp³-hybridized carbons (Fsp3) is 0.286. The highest BCUT2D eigenvalue weighted by atomic mass is 35.5. The number of carboxylic acid groups (broad SMARTS) is 1. The van der Waals surface area contributed by atoms with Crippen molar-refractivity contribution in [1.29, 1.82) is 0 Å². The normalized spacial score (nSPS) is 12.6. The molecule has 0 radical (unpaired) electrons. The summed E-state index contributed by atoms with van der Waals surface area (Å²) in [4.78, 5) is 36.6. The van der Waals surface area contributed by atoms with Gasteiger partial charge in [0.1, 0.15) is 6.04 Å². The number of amides is 3. The lowest BCUT2D eigenvalue weighted by Gasteiger charge is -2.21. The van der Waals surface area contributed by atoms with Crippen molar-refractivity contribution in [3.63, 3.8) is 0 Å². The number of benzene rings is 2. The number of nitrogens with one attached hydrogen (secondary N) is 3. The Morgan fingerprint density at radius 1 is 1.13 bits per heavy atom. The molecule has 31 heavy (non-hydrogen) atoms. The van der Waals surface area contributed by atoms with E-state index in [4.69, 9.17) is 11.6 Å². The highest BCUT2D eigenvalue weighted by Gasteiger charge is 2.27. The van der Waals surface area contributed by atoms with E-state index < -0.39 is 47.1 Å². The zero-order chi connectivity index (χ0) is 23.3. The Bertz CT molecular complexity index is 996. The van der Waals surface area contributed by atoms with Crippen LogP contribution in [-0.4, -0.2) is 29.1 Å². The predicted octanol–water partition coefficient (Wildman–Crippen LogP) is 4.80. The monoisotopic (exact) mass is 453 g/mol. The summed E-state index contributed by atoms with van der Waals surface area (Å²) >= 11 is 6.06. The van der Waals surface area contributed by atoms with Gasteiger partial charge in [-0.1, -0.05) is 44.0 Å². The minimum Gasteiger partial charge on any atom is -0.480 e. The molecule has 0 saturated carbocycles. The summed E-state index contributed by atoms with van der Waals surface area (Å²) in [5.41, 5.74) is 0.188. The molecule has 4 N–H and O–H groups in total. The van der Waals surface area contributed by atoms with Gasteiger partial charge in [0.25, 0.3) is 5.91 Å². The Labute approximate surface area is 182 Å². The number of carboxylic acids is 1. The van der Waals surface area contributed by atoms with E-state index in [1.54, 1.807) is 39.0 Å². The molecule has 0 bridgehead atoms. The van der Waals surface area contributed by atoms with Gasteiger partial charge in [0, 0.05) is 6.07 Å². The maximum atomic E-state index is 13.8. The van der Waals surface area contributed by atoms with E-state index in [1.807, 2.05) is 0 Å². The number of carbonyl (C=O) groups is 3. The van der Waals surface area contributed by atoms with Crippen LogP contribution in [0.1, 0.15) is 36.2 Å². The van der Waals surface area contributed by atoms with Crippen molar-refractivity contribution in [2.24, 2.45) is 5.92 Å². The average molecular weight is 454 g/mol. The molecule has 0 heterocycles. The number of hydrogen-bond acceptors (Lipinski definition) is 3. The molecule has 0 aromatic heterocycles. The minimum atomic E-state index is -1.33. The maximum Gasteiger partial charge on any atom is 0.326 e. The largest absolute Gasteiger partial charge is 0.480 e. The molecule has 2 aromatic rings. The van der Waals surface area contributed by atoms with Crippen molar-refractivity contribution in [1.82, 2.24) is 5.32 Å². The van der Waals surface area contributed by atoms with E-state index in [0.717, 1.165) is 0 Å². The third kappa shape index (κ3) is 5.91. The van der Waals surface area contributed by atoms with E-state index >= 15 is 0 Å². The molecule has 2 aromatic carbocycles. The molecule has 0 fully saturated rings. The molecule has 7 nitrogen and oxygen atoms in total. The molecule has 166 valence electrons. The summed E-state index contributed by atoms with van der Waals surface area (Å²) in [6, 6.07) is 4.08. The van der Waals surface area contributed by atoms with Crippen LogP contribution in [0.3, 0.4) is 0 Å². The van der Waals surface area contributed by atoms with Crippen LogP contribution in [-0.2, 0) is 4.79 Å². The predicted molar refractivity (Wildman–Crippen MR) is 114 cm³/mol. The van der Waals surface area contributed by atoms with Crippen LogP contribution < -0.4 is 16.0 Å². The number of halogens is 3. The van der Waals surface area contributed by atoms with Crippen LogP contribution >= 0.6 is 11.6 Å². The first kappa shape index (κ1) is 24.1. The van der Waals surface area contributed by atoms with Gasteiger partial charge in [-0.05, 0) is 30.5 Å². The lowest BCUT2D eigenvalue weighted by Crippen LogP contribution is -2.45. The number of aliphatic carboxylic acids is 1. The highest BCUT2D eigenvalue weighted by molar-refractivity contribution is 6.34. The van der Waals surface area contributed by atoms with E-state index in [2.05, 4.69) is 16.0 Å². The highest BCUT2D eigenvalue weighted by Crippen LogP contribution is 2.26. The zero-order valence-corrected chi connectivity index (χ0v) is 17.8. The summed E-state index contributed by atoms with van der Waals surface area (Å²) in [6.07, 6.45) is 0.458. The summed E-state index contributed by atoms with van der Waals surface area (Å²) in [5.74, 6) is -5.29. The molecule has 2 atom stereocenters. The Balaban J connectivity index is 2.32. The van der Waals surface area contributed by atoms with E-state index in [9.17, 15) is 28.3 Å². The maximum absolute atomic E-state index is 13.8. The second-order valence-electron chi connectivity index (χ2n) is 7.00. The lowest BCUT2D eigenvalue weighted by molar-refractivity contribution is -0.140. The van der Waals surface area contributed by atoms with Gasteiger partial charge in [0.05, 0.1) is 22.0 Å². The van der Waals surface area contributed by atoms with Gasteiger partial charge >= 0.3 is 12.0 Å². The topological polar surface area (TPSA) is 108 Å². The number of para-hydroxylation sites is 1. The molecule has 3 amide bonds. The Kier molecular flexibility index (Phi) is 7.93. The molecule has 0 aliphatic heterocycles. The number of urea groups is 1. The van der Waals surface area contributed by atoms with Crippen molar-refractivity contribution in [2.45, 2.75) is 33.2 Å². The van der Waals surface area contributed by atoms with Crippen LogP contribution in [0.2, 0.25) is 5.02 Å². The quantitative estimate of drug-likeness (QED) is 0.483. The van der Waals surface area contributed by atoms with E-state index in [1.165, 1.54) is 0 Å². The van der Waals surface area contributed by atoms with Gasteiger partial charge < -0.3 is 21.1 Å². The summed E-state index contributed by atoms with van der Waals surface area (Å²) in [7, 11) is 0. The molecular formula is C21H22ClF2N3O4.